The topological polar surface area (TPSA) is 53.5 Å². The lowest BCUT2D eigenvalue weighted by molar-refractivity contribution is 0.912. The lowest BCUT2D eigenvalue weighted by Crippen LogP contribution is -2.02. The fourth-order valence-electron chi connectivity index (χ4n) is 9.74. The third-order valence-electron chi connectivity index (χ3n) is 12.8. The molecule has 0 saturated carbocycles. The lowest BCUT2D eigenvalue weighted by Gasteiger charge is -2.14. The molecule has 304 valence electrons. The van der Waals surface area contributed by atoms with Gasteiger partial charge in [0.2, 0.25) is 0 Å². The highest BCUT2D eigenvalue weighted by molar-refractivity contribution is 6.19. The van der Waals surface area contributed by atoms with Crippen molar-refractivity contribution >= 4 is 54.5 Å². The largest absolute Gasteiger partial charge is 0.309 e. The van der Waals surface area contributed by atoms with Gasteiger partial charge < -0.3 is 9.13 Å². The minimum absolute atomic E-state index is 0.689. The molecule has 0 unspecified atom stereocenters. The van der Waals surface area contributed by atoms with Gasteiger partial charge in [0.15, 0.2) is 5.82 Å². The molecule has 0 spiro atoms. The number of hydrogen-bond acceptors (Lipinski definition) is 3. The summed E-state index contributed by atoms with van der Waals surface area (Å²) in [5, 5.41) is 11.1. The van der Waals surface area contributed by atoms with Crippen LogP contribution in [0.15, 0.2) is 231 Å². The van der Waals surface area contributed by atoms with Crippen molar-refractivity contribution in [3.8, 4) is 62.1 Å². The van der Waals surface area contributed by atoms with Crippen LogP contribution < -0.4 is 0 Å². The van der Waals surface area contributed by atoms with Crippen LogP contribution in [0.25, 0.3) is 117 Å². The molecule has 65 heavy (non-hydrogen) atoms. The van der Waals surface area contributed by atoms with Gasteiger partial charge in [0, 0.05) is 55.0 Å². The molecule has 4 heterocycles. The van der Waals surface area contributed by atoms with E-state index in [4.69, 9.17) is 15.1 Å². The quantitative estimate of drug-likeness (QED) is 0.161. The predicted octanol–water partition coefficient (Wildman–Crippen LogP) is 14.7. The average Bonchev–Trinajstić information content (AvgIpc) is 4.08. The molecule has 9 aromatic carbocycles. The van der Waals surface area contributed by atoms with E-state index in [0.29, 0.717) is 5.82 Å². The molecular weight excluding hydrogens is 793 g/mol. The molecule has 0 radical (unpaired) electrons. The highest BCUT2D eigenvalue weighted by Crippen LogP contribution is 2.40. The number of fused-ring (bicyclic) bond motifs is 8. The summed E-state index contributed by atoms with van der Waals surface area (Å²) in [6.07, 6.45) is 2.04. The third kappa shape index (κ3) is 5.99. The van der Waals surface area contributed by atoms with Crippen LogP contribution in [0.4, 0.5) is 0 Å². The van der Waals surface area contributed by atoms with Crippen LogP contribution in [-0.4, -0.2) is 28.9 Å². The van der Waals surface area contributed by atoms with Gasteiger partial charge in [0.25, 0.3) is 0 Å². The van der Waals surface area contributed by atoms with Crippen molar-refractivity contribution in [3.63, 3.8) is 0 Å². The van der Waals surface area contributed by atoms with Gasteiger partial charge in [-0.25, -0.2) is 14.6 Å². The number of rotatable bonds is 7. The van der Waals surface area contributed by atoms with Gasteiger partial charge in [-0.2, -0.15) is 5.10 Å². The van der Waals surface area contributed by atoms with Gasteiger partial charge in [-0.1, -0.05) is 164 Å². The molecule has 0 aliphatic heterocycles. The molecule has 13 aromatic rings. The van der Waals surface area contributed by atoms with Crippen LogP contribution in [0.2, 0.25) is 0 Å². The van der Waals surface area contributed by atoms with Crippen LogP contribution in [-0.2, 0) is 0 Å². The third-order valence-corrected chi connectivity index (χ3v) is 12.8. The molecule has 0 fully saturated rings. The molecule has 0 amide bonds. The highest BCUT2D eigenvalue weighted by Gasteiger charge is 2.21. The van der Waals surface area contributed by atoms with E-state index < -0.39 is 0 Å². The Balaban J connectivity index is 0.957. The first-order valence-electron chi connectivity index (χ1n) is 21.9. The van der Waals surface area contributed by atoms with Gasteiger partial charge in [-0.15, -0.1) is 0 Å². The second kappa shape index (κ2) is 14.9. The molecular formula is C59H38N6. The average molecular weight is 831 g/mol. The maximum atomic E-state index is 5.19. The molecule has 0 bridgehead atoms. The monoisotopic (exact) mass is 830 g/mol. The van der Waals surface area contributed by atoms with Crippen molar-refractivity contribution in [1.82, 2.24) is 28.9 Å². The molecule has 0 aliphatic rings. The van der Waals surface area contributed by atoms with E-state index >= 15 is 0 Å². The lowest BCUT2D eigenvalue weighted by atomic mass is 10.0. The Morgan fingerprint density at radius 1 is 0.308 bits per heavy atom. The Hall–Kier alpha value is -8.87. The van der Waals surface area contributed by atoms with E-state index in [2.05, 4.69) is 214 Å². The van der Waals surface area contributed by atoms with Crippen molar-refractivity contribution < 1.29 is 0 Å². The first-order valence-corrected chi connectivity index (χ1v) is 21.9. The number of nitrogens with zero attached hydrogens (tertiary/aromatic N) is 6. The maximum Gasteiger partial charge on any atom is 0.160 e. The Morgan fingerprint density at radius 3 is 1.46 bits per heavy atom. The van der Waals surface area contributed by atoms with E-state index in [0.717, 1.165) is 78.0 Å². The van der Waals surface area contributed by atoms with E-state index in [-0.39, 0.29) is 0 Å². The first-order chi connectivity index (χ1) is 32.2. The Kier molecular flexibility index (Phi) is 8.42. The minimum Gasteiger partial charge on any atom is -0.309 e. The van der Waals surface area contributed by atoms with Gasteiger partial charge in [-0.3, -0.25) is 0 Å². The summed E-state index contributed by atoms with van der Waals surface area (Å²) in [4.78, 5) is 10.3. The summed E-state index contributed by atoms with van der Waals surface area (Å²) in [5.74, 6) is 0.689. The smallest absolute Gasteiger partial charge is 0.160 e. The second-order valence-corrected chi connectivity index (χ2v) is 16.5. The zero-order chi connectivity index (χ0) is 42.8. The number of para-hydroxylation sites is 4. The standard InChI is InChI=1S/C59H38N6/c1-4-15-39(16-5-1)40-27-29-41(30-28-40)51-37-52(62-59(61-51)43-17-6-2-7-18-43)42-31-33-45(34-32-42)64-54-25-13-10-21-46(54)48-23-14-26-56(58(48)64)65-55-36-35-49-47-22-11-12-24-53(47)63(44-19-8-3-9-20-44)57(49)50(55)38-60-65/h1-38H. The SMILES string of the molecule is c1ccc(-c2ccc(-c3cc(-c4ccc(-n5c6ccccc6c6cccc(-n7ncc8c7ccc7c9ccccc9n(-c9ccccc9)c78)c65)cc4)nc(-c4ccccc4)n3)cc2)cc1. The van der Waals surface area contributed by atoms with Gasteiger partial charge in [-0.05, 0) is 71.8 Å². The number of aromatic nitrogens is 6. The zero-order valence-electron chi connectivity index (χ0n) is 35.1. The van der Waals surface area contributed by atoms with Gasteiger partial charge in [0.05, 0.1) is 50.9 Å². The van der Waals surface area contributed by atoms with Crippen molar-refractivity contribution in [2.24, 2.45) is 0 Å². The fourth-order valence-corrected chi connectivity index (χ4v) is 9.74. The Morgan fingerprint density at radius 2 is 0.800 bits per heavy atom. The van der Waals surface area contributed by atoms with Crippen LogP contribution in [0.3, 0.4) is 0 Å². The van der Waals surface area contributed by atoms with Gasteiger partial charge >= 0.3 is 0 Å². The second-order valence-electron chi connectivity index (χ2n) is 16.5. The Labute approximate surface area is 374 Å². The molecule has 0 N–H and O–H groups in total. The molecule has 4 aromatic heterocycles. The molecule has 6 heteroatoms. The van der Waals surface area contributed by atoms with Crippen LogP contribution >= 0.6 is 0 Å². The number of benzene rings is 9. The van der Waals surface area contributed by atoms with Crippen LogP contribution in [0, 0.1) is 0 Å². The van der Waals surface area contributed by atoms with E-state index in [1.165, 1.54) is 32.8 Å². The first kappa shape index (κ1) is 36.8. The van der Waals surface area contributed by atoms with E-state index in [9.17, 15) is 0 Å². The maximum absolute atomic E-state index is 5.19. The summed E-state index contributed by atoms with van der Waals surface area (Å²) >= 11 is 0. The summed E-state index contributed by atoms with van der Waals surface area (Å²) in [6.45, 7) is 0. The number of hydrogen-bond donors (Lipinski definition) is 0. The van der Waals surface area contributed by atoms with Crippen molar-refractivity contribution in [1.29, 1.82) is 0 Å². The summed E-state index contributed by atoms with van der Waals surface area (Å²) in [6, 6.07) is 79.2. The molecule has 6 nitrogen and oxygen atoms in total. The van der Waals surface area contributed by atoms with E-state index in [1.54, 1.807) is 0 Å². The van der Waals surface area contributed by atoms with Crippen molar-refractivity contribution in [2.75, 3.05) is 0 Å². The molecule has 0 saturated heterocycles. The van der Waals surface area contributed by atoms with E-state index in [1.807, 2.05) is 30.5 Å². The van der Waals surface area contributed by atoms with Crippen LogP contribution in [0.1, 0.15) is 0 Å². The summed E-state index contributed by atoms with van der Waals surface area (Å²) < 4.78 is 6.88. The highest BCUT2D eigenvalue weighted by atomic mass is 15.3. The van der Waals surface area contributed by atoms with Gasteiger partial charge in [0.1, 0.15) is 0 Å². The predicted molar refractivity (Wildman–Crippen MR) is 267 cm³/mol. The zero-order valence-corrected chi connectivity index (χ0v) is 35.1. The normalized spacial score (nSPS) is 11.7. The fraction of sp³-hybridized carbons (Fsp3) is 0. The molecule has 0 aliphatic carbocycles. The van der Waals surface area contributed by atoms with Crippen LogP contribution in [0.5, 0.6) is 0 Å². The molecule has 0 atom stereocenters. The minimum atomic E-state index is 0.689. The summed E-state index contributed by atoms with van der Waals surface area (Å²) in [7, 11) is 0. The summed E-state index contributed by atoms with van der Waals surface area (Å²) in [5.41, 5.74) is 15.8. The molecule has 13 rings (SSSR count). The van der Waals surface area contributed by atoms with Crippen molar-refractivity contribution in [2.45, 2.75) is 0 Å². The van der Waals surface area contributed by atoms with Crippen molar-refractivity contribution in [3.05, 3.63) is 231 Å². The Bertz CT molecular complexity index is 3900.